The summed E-state index contributed by atoms with van der Waals surface area (Å²) >= 11 is 5.95. The van der Waals surface area contributed by atoms with Gasteiger partial charge in [0.1, 0.15) is 6.04 Å². The quantitative estimate of drug-likeness (QED) is 0.478. The smallest absolute Gasteiger partial charge is 0.328 e. The highest BCUT2D eigenvalue weighted by Crippen LogP contribution is 2.15. The van der Waals surface area contributed by atoms with Crippen LogP contribution in [0.5, 0.6) is 0 Å². The normalized spacial score (nSPS) is 11.5. The molecule has 20 heavy (non-hydrogen) atoms. The van der Waals surface area contributed by atoms with Gasteiger partial charge in [0, 0.05) is 0 Å². The van der Waals surface area contributed by atoms with Gasteiger partial charge in [0.25, 0.3) is 5.91 Å². The molecule has 0 aromatic heterocycles. The van der Waals surface area contributed by atoms with Gasteiger partial charge in [-0.3, -0.25) is 4.79 Å². The summed E-state index contributed by atoms with van der Waals surface area (Å²) in [5.74, 6) is -0.848. The Morgan fingerprint density at radius 1 is 1.45 bits per heavy atom. The molecule has 1 rings (SSSR count). The average Bonchev–Trinajstić information content (AvgIpc) is 2.45. The first-order chi connectivity index (χ1) is 9.60. The zero-order valence-electron chi connectivity index (χ0n) is 11.4. The van der Waals surface area contributed by atoms with Crippen molar-refractivity contribution >= 4 is 23.5 Å². The van der Waals surface area contributed by atoms with Crippen molar-refractivity contribution in [2.75, 3.05) is 7.11 Å². The monoisotopic (exact) mass is 295 g/mol. The molecule has 0 spiro atoms. The lowest BCUT2D eigenvalue weighted by Crippen LogP contribution is -2.41. The lowest BCUT2D eigenvalue weighted by molar-refractivity contribution is -0.143. The Kier molecular flexibility index (Phi) is 6.81. The first-order valence-electron chi connectivity index (χ1n) is 6.34. The van der Waals surface area contributed by atoms with Gasteiger partial charge in [0.15, 0.2) is 0 Å². The molecular weight excluding hydrogens is 278 g/mol. The van der Waals surface area contributed by atoms with Crippen molar-refractivity contribution in [1.82, 2.24) is 5.32 Å². The van der Waals surface area contributed by atoms with Crippen LogP contribution in [-0.4, -0.2) is 25.0 Å². The summed E-state index contributed by atoms with van der Waals surface area (Å²) in [6.07, 6.45) is 3.78. The number of hydrogen-bond donors (Lipinski definition) is 1. The fraction of sp³-hybridized carbons (Fsp3) is 0.333. The fourth-order valence-corrected chi connectivity index (χ4v) is 1.96. The average molecular weight is 296 g/mol. The van der Waals surface area contributed by atoms with Gasteiger partial charge in [-0.05, 0) is 31.4 Å². The van der Waals surface area contributed by atoms with Crippen LogP contribution >= 0.6 is 11.6 Å². The minimum Gasteiger partial charge on any atom is -0.467 e. The SMILES string of the molecule is C=CCCC[C@@H](NC(=O)c1ccccc1Cl)C(=O)OC. The second-order valence-corrected chi connectivity index (χ2v) is 4.66. The molecule has 108 valence electrons. The van der Waals surface area contributed by atoms with E-state index in [4.69, 9.17) is 16.3 Å². The van der Waals surface area contributed by atoms with Gasteiger partial charge in [0.05, 0.1) is 17.7 Å². The van der Waals surface area contributed by atoms with Crippen LogP contribution < -0.4 is 5.32 Å². The molecule has 0 heterocycles. The molecule has 0 bridgehead atoms. The summed E-state index contributed by atoms with van der Waals surface area (Å²) in [6, 6.07) is 6.01. The number of rotatable bonds is 7. The molecule has 1 aromatic rings. The summed E-state index contributed by atoms with van der Waals surface area (Å²) in [6.45, 7) is 3.62. The van der Waals surface area contributed by atoms with E-state index < -0.39 is 12.0 Å². The molecule has 0 aliphatic carbocycles. The summed E-state index contributed by atoms with van der Waals surface area (Å²) < 4.78 is 4.70. The van der Waals surface area contributed by atoms with Crippen molar-refractivity contribution in [2.45, 2.75) is 25.3 Å². The Labute approximate surface area is 123 Å². The van der Waals surface area contributed by atoms with E-state index in [2.05, 4.69) is 11.9 Å². The van der Waals surface area contributed by atoms with E-state index in [0.29, 0.717) is 17.0 Å². The van der Waals surface area contributed by atoms with Crippen LogP contribution in [0.25, 0.3) is 0 Å². The Balaban J connectivity index is 2.73. The van der Waals surface area contributed by atoms with Gasteiger partial charge in [-0.15, -0.1) is 6.58 Å². The number of nitrogens with one attached hydrogen (secondary N) is 1. The number of methoxy groups -OCH3 is 1. The van der Waals surface area contributed by atoms with Gasteiger partial charge in [-0.2, -0.15) is 0 Å². The van der Waals surface area contributed by atoms with E-state index in [-0.39, 0.29) is 5.91 Å². The number of carbonyl (C=O) groups is 2. The molecule has 0 saturated heterocycles. The van der Waals surface area contributed by atoms with Crippen LogP contribution in [0.4, 0.5) is 0 Å². The van der Waals surface area contributed by atoms with Crippen LogP contribution in [0.15, 0.2) is 36.9 Å². The number of carbonyl (C=O) groups excluding carboxylic acids is 2. The predicted octanol–water partition coefficient (Wildman–Crippen LogP) is 2.97. The maximum Gasteiger partial charge on any atom is 0.328 e. The Hall–Kier alpha value is -1.81. The van der Waals surface area contributed by atoms with Crippen molar-refractivity contribution in [3.05, 3.63) is 47.5 Å². The second kappa shape index (κ2) is 8.38. The van der Waals surface area contributed by atoms with Crippen LogP contribution in [-0.2, 0) is 9.53 Å². The first-order valence-corrected chi connectivity index (χ1v) is 6.72. The molecule has 0 fully saturated rings. The second-order valence-electron chi connectivity index (χ2n) is 4.25. The van der Waals surface area contributed by atoms with E-state index in [1.54, 1.807) is 30.3 Å². The maximum absolute atomic E-state index is 12.1. The molecular formula is C15H18ClNO3. The molecule has 0 radical (unpaired) electrons. The summed E-state index contributed by atoms with van der Waals surface area (Å²) in [5, 5.41) is 3.00. The Morgan fingerprint density at radius 2 is 2.15 bits per heavy atom. The van der Waals surface area contributed by atoms with Crippen LogP contribution in [0.1, 0.15) is 29.6 Å². The highest BCUT2D eigenvalue weighted by molar-refractivity contribution is 6.33. The van der Waals surface area contributed by atoms with Crippen LogP contribution in [0, 0.1) is 0 Å². The van der Waals surface area contributed by atoms with Gasteiger partial charge in [-0.25, -0.2) is 4.79 Å². The number of unbranched alkanes of at least 4 members (excludes halogenated alkanes) is 1. The predicted molar refractivity (Wildman–Crippen MR) is 78.8 cm³/mol. The zero-order chi connectivity index (χ0) is 15.0. The van der Waals surface area contributed by atoms with E-state index in [1.165, 1.54) is 7.11 Å². The molecule has 4 nitrogen and oxygen atoms in total. The first kappa shape index (κ1) is 16.2. The number of halogens is 1. The zero-order valence-corrected chi connectivity index (χ0v) is 12.2. The lowest BCUT2D eigenvalue weighted by atomic mass is 10.1. The van der Waals surface area contributed by atoms with Gasteiger partial charge < -0.3 is 10.1 Å². The molecule has 0 aliphatic rings. The summed E-state index contributed by atoms with van der Waals surface area (Å²) in [4.78, 5) is 23.8. The third-order valence-electron chi connectivity index (χ3n) is 2.81. The Morgan fingerprint density at radius 3 is 2.75 bits per heavy atom. The highest BCUT2D eigenvalue weighted by atomic mass is 35.5. The third-order valence-corrected chi connectivity index (χ3v) is 3.14. The largest absolute Gasteiger partial charge is 0.467 e. The summed E-state index contributed by atoms with van der Waals surface area (Å²) in [5.41, 5.74) is 0.340. The van der Waals surface area contributed by atoms with Gasteiger partial charge in [-0.1, -0.05) is 29.8 Å². The van der Waals surface area contributed by atoms with E-state index in [1.807, 2.05) is 0 Å². The minimum atomic E-state index is -0.677. The molecule has 5 heteroatoms. The van der Waals surface area contributed by atoms with Crippen LogP contribution in [0.2, 0.25) is 5.02 Å². The molecule has 0 aliphatic heterocycles. The third kappa shape index (κ3) is 4.70. The van der Waals surface area contributed by atoms with E-state index in [9.17, 15) is 9.59 Å². The lowest BCUT2D eigenvalue weighted by Gasteiger charge is -2.16. The highest BCUT2D eigenvalue weighted by Gasteiger charge is 2.22. The van der Waals surface area contributed by atoms with E-state index >= 15 is 0 Å². The van der Waals surface area contributed by atoms with Gasteiger partial charge >= 0.3 is 5.97 Å². The molecule has 1 atom stereocenters. The Bertz CT molecular complexity index is 488. The van der Waals surface area contributed by atoms with Crippen LogP contribution in [0.3, 0.4) is 0 Å². The van der Waals surface area contributed by atoms with Crippen molar-refractivity contribution in [1.29, 1.82) is 0 Å². The molecule has 1 N–H and O–H groups in total. The number of amides is 1. The number of hydrogen-bond acceptors (Lipinski definition) is 3. The number of allylic oxidation sites excluding steroid dienone is 1. The summed E-state index contributed by atoms with van der Waals surface area (Å²) in [7, 11) is 1.30. The van der Waals surface area contributed by atoms with Crippen molar-refractivity contribution < 1.29 is 14.3 Å². The topological polar surface area (TPSA) is 55.4 Å². The molecule has 1 amide bonds. The molecule has 1 aromatic carbocycles. The maximum atomic E-state index is 12.1. The van der Waals surface area contributed by atoms with Crippen molar-refractivity contribution in [2.24, 2.45) is 0 Å². The molecule has 0 unspecified atom stereocenters. The molecule has 0 saturated carbocycles. The number of esters is 1. The minimum absolute atomic E-state index is 0.340. The van der Waals surface area contributed by atoms with Crippen molar-refractivity contribution in [3.8, 4) is 0 Å². The van der Waals surface area contributed by atoms with E-state index in [0.717, 1.165) is 12.8 Å². The fourth-order valence-electron chi connectivity index (χ4n) is 1.74. The standard InChI is InChI=1S/C15H18ClNO3/c1-3-4-5-10-13(15(19)20-2)17-14(18)11-8-6-7-9-12(11)16/h3,6-9,13H,1,4-5,10H2,2H3,(H,17,18)/t13-/m1/s1. The van der Waals surface area contributed by atoms with Crippen molar-refractivity contribution in [3.63, 3.8) is 0 Å². The number of ether oxygens (including phenoxy) is 1. The number of benzene rings is 1. The van der Waals surface area contributed by atoms with Gasteiger partial charge in [0.2, 0.25) is 0 Å².